The molecule has 0 aromatic carbocycles. The summed E-state index contributed by atoms with van der Waals surface area (Å²) in [5, 5.41) is 9.03. The van der Waals surface area contributed by atoms with E-state index >= 15 is 0 Å². The molecule has 0 aromatic heterocycles. The van der Waals surface area contributed by atoms with Crippen LogP contribution in [0, 0.1) is 0 Å². The summed E-state index contributed by atoms with van der Waals surface area (Å²) in [7, 11) is 2.13. The van der Waals surface area contributed by atoms with Crippen molar-refractivity contribution < 1.29 is 9.90 Å². The van der Waals surface area contributed by atoms with Gasteiger partial charge in [-0.2, -0.15) is 0 Å². The third-order valence-corrected chi connectivity index (χ3v) is 3.86. The maximum atomic E-state index is 11.0. The van der Waals surface area contributed by atoms with Crippen molar-refractivity contribution in [3.63, 3.8) is 0 Å². The Bertz CT molecular complexity index is 238. The molecule has 1 atom stereocenters. The van der Waals surface area contributed by atoms with Crippen LogP contribution in [0.5, 0.6) is 0 Å². The van der Waals surface area contributed by atoms with Crippen molar-refractivity contribution in [1.29, 1.82) is 0 Å². The van der Waals surface area contributed by atoms with Crippen LogP contribution in [0.1, 0.15) is 45.4 Å². The van der Waals surface area contributed by atoms with Gasteiger partial charge in [0.05, 0.1) is 6.42 Å². The van der Waals surface area contributed by atoms with Crippen molar-refractivity contribution in [3.8, 4) is 0 Å². The molecule has 1 aliphatic heterocycles. The Balaban J connectivity index is 2.36. The first kappa shape index (κ1) is 15.4. The van der Waals surface area contributed by atoms with E-state index < -0.39 is 5.97 Å². The van der Waals surface area contributed by atoms with Crippen LogP contribution in [0.25, 0.3) is 0 Å². The minimum Gasteiger partial charge on any atom is -0.481 e. The van der Waals surface area contributed by atoms with E-state index in [0.717, 1.165) is 39.0 Å². The smallest absolute Gasteiger partial charge is 0.304 e. The first-order valence-corrected chi connectivity index (χ1v) is 7.28. The molecule has 1 unspecified atom stereocenters. The number of carboxylic acid groups (broad SMARTS) is 1. The maximum absolute atomic E-state index is 11.0. The molecule has 0 amide bonds. The van der Waals surface area contributed by atoms with E-state index in [9.17, 15) is 4.79 Å². The fourth-order valence-electron chi connectivity index (χ4n) is 2.61. The van der Waals surface area contributed by atoms with Crippen LogP contribution in [-0.4, -0.2) is 60.1 Å². The summed E-state index contributed by atoms with van der Waals surface area (Å²) in [5.41, 5.74) is 0. The van der Waals surface area contributed by atoms with Gasteiger partial charge in [-0.25, -0.2) is 0 Å². The van der Waals surface area contributed by atoms with E-state index in [4.69, 9.17) is 5.11 Å². The summed E-state index contributed by atoms with van der Waals surface area (Å²) in [6.45, 7) is 6.36. The fraction of sp³-hybridized carbons (Fsp3) is 0.929. The Hall–Kier alpha value is -0.610. The lowest BCUT2D eigenvalue weighted by Crippen LogP contribution is -2.49. The lowest BCUT2D eigenvalue weighted by molar-refractivity contribution is -0.138. The highest BCUT2D eigenvalue weighted by molar-refractivity contribution is 5.67. The van der Waals surface area contributed by atoms with Gasteiger partial charge in [-0.3, -0.25) is 9.69 Å². The Morgan fingerprint density at radius 3 is 2.39 bits per heavy atom. The minimum absolute atomic E-state index is 0.244. The molecule has 4 heteroatoms. The molecule has 0 aliphatic carbocycles. The van der Waals surface area contributed by atoms with Gasteiger partial charge in [-0.1, -0.05) is 32.6 Å². The Labute approximate surface area is 111 Å². The molecule has 1 saturated heterocycles. The van der Waals surface area contributed by atoms with Gasteiger partial charge in [0.25, 0.3) is 0 Å². The number of hydrogen-bond acceptors (Lipinski definition) is 3. The molecule has 1 fully saturated rings. The van der Waals surface area contributed by atoms with Crippen molar-refractivity contribution in [2.24, 2.45) is 0 Å². The molecule has 1 aliphatic rings. The zero-order chi connectivity index (χ0) is 13.4. The predicted octanol–water partition coefficient (Wildman–Crippen LogP) is 2.05. The molecule has 1 rings (SSSR count). The number of likely N-dealkylation sites (N-methyl/N-ethyl adjacent to an activating group) is 1. The second-order valence-electron chi connectivity index (χ2n) is 5.44. The fourth-order valence-corrected chi connectivity index (χ4v) is 2.61. The maximum Gasteiger partial charge on any atom is 0.304 e. The second-order valence-corrected chi connectivity index (χ2v) is 5.44. The lowest BCUT2D eigenvalue weighted by Gasteiger charge is -2.37. The molecule has 1 heterocycles. The summed E-state index contributed by atoms with van der Waals surface area (Å²) in [6.07, 6.45) is 6.24. The minimum atomic E-state index is -0.658. The molecular formula is C14H28N2O2. The van der Waals surface area contributed by atoms with E-state index in [1.54, 1.807) is 0 Å². The van der Waals surface area contributed by atoms with Crippen molar-refractivity contribution in [3.05, 3.63) is 0 Å². The van der Waals surface area contributed by atoms with Crippen LogP contribution in [-0.2, 0) is 4.79 Å². The van der Waals surface area contributed by atoms with Crippen LogP contribution in [0.2, 0.25) is 0 Å². The standard InChI is InChI=1S/C14H28N2O2/c1-3-4-5-6-7-13(12-14(17)18)16-10-8-15(2)9-11-16/h13H,3-12H2,1-2H3,(H,17,18). The summed E-state index contributed by atoms with van der Waals surface area (Å²) < 4.78 is 0. The van der Waals surface area contributed by atoms with Gasteiger partial charge in [0, 0.05) is 32.2 Å². The van der Waals surface area contributed by atoms with Crippen molar-refractivity contribution in [1.82, 2.24) is 9.80 Å². The number of rotatable bonds is 8. The van der Waals surface area contributed by atoms with Gasteiger partial charge in [0.1, 0.15) is 0 Å². The SMILES string of the molecule is CCCCCCC(CC(=O)O)N1CCN(C)CC1. The van der Waals surface area contributed by atoms with Crippen LogP contribution in [0.3, 0.4) is 0 Å². The third-order valence-electron chi connectivity index (χ3n) is 3.86. The first-order valence-electron chi connectivity index (χ1n) is 7.28. The topological polar surface area (TPSA) is 43.8 Å². The Kier molecular flexibility index (Phi) is 7.28. The average Bonchev–Trinajstić information content (AvgIpc) is 2.34. The van der Waals surface area contributed by atoms with Crippen LogP contribution in [0.4, 0.5) is 0 Å². The number of aliphatic carboxylic acids is 1. The molecule has 4 nitrogen and oxygen atoms in total. The summed E-state index contributed by atoms with van der Waals surface area (Å²) in [5.74, 6) is -0.658. The number of carbonyl (C=O) groups is 1. The van der Waals surface area contributed by atoms with Gasteiger partial charge in [-0.15, -0.1) is 0 Å². The normalized spacial score (nSPS) is 19.9. The van der Waals surface area contributed by atoms with E-state index in [1.165, 1.54) is 19.3 Å². The molecule has 0 spiro atoms. The highest BCUT2D eigenvalue weighted by Gasteiger charge is 2.23. The summed E-state index contributed by atoms with van der Waals surface area (Å²) in [6, 6.07) is 0.244. The van der Waals surface area contributed by atoms with Crippen molar-refractivity contribution >= 4 is 5.97 Å². The lowest BCUT2D eigenvalue weighted by atomic mass is 10.0. The monoisotopic (exact) mass is 256 g/mol. The highest BCUT2D eigenvalue weighted by atomic mass is 16.4. The molecule has 18 heavy (non-hydrogen) atoms. The van der Waals surface area contributed by atoms with Gasteiger partial charge < -0.3 is 10.0 Å². The quantitative estimate of drug-likeness (QED) is 0.675. The average molecular weight is 256 g/mol. The molecule has 1 N–H and O–H groups in total. The van der Waals surface area contributed by atoms with Crippen molar-refractivity contribution in [2.45, 2.75) is 51.5 Å². The van der Waals surface area contributed by atoms with E-state index in [1.807, 2.05) is 0 Å². The molecule has 0 saturated carbocycles. The highest BCUT2D eigenvalue weighted by Crippen LogP contribution is 2.16. The largest absolute Gasteiger partial charge is 0.481 e. The van der Waals surface area contributed by atoms with Crippen molar-refractivity contribution in [2.75, 3.05) is 33.2 Å². The second kappa shape index (κ2) is 8.48. The zero-order valence-electron chi connectivity index (χ0n) is 11.9. The summed E-state index contributed by atoms with van der Waals surface area (Å²) in [4.78, 5) is 15.7. The van der Waals surface area contributed by atoms with Crippen LogP contribution < -0.4 is 0 Å². The van der Waals surface area contributed by atoms with E-state index in [0.29, 0.717) is 6.42 Å². The number of hydrogen-bond donors (Lipinski definition) is 1. The van der Waals surface area contributed by atoms with Gasteiger partial charge in [0.2, 0.25) is 0 Å². The predicted molar refractivity (Wildman–Crippen MR) is 73.9 cm³/mol. The number of carboxylic acids is 1. The zero-order valence-corrected chi connectivity index (χ0v) is 11.9. The molecule has 0 radical (unpaired) electrons. The number of piperazine rings is 1. The summed E-state index contributed by atoms with van der Waals surface area (Å²) >= 11 is 0. The molecule has 0 bridgehead atoms. The molecule has 0 aromatic rings. The van der Waals surface area contributed by atoms with Crippen LogP contribution in [0.15, 0.2) is 0 Å². The van der Waals surface area contributed by atoms with E-state index in [-0.39, 0.29) is 6.04 Å². The third kappa shape index (κ3) is 5.83. The number of nitrogens with zero attached hydrogens (tertiary/aromatic N) is 2. The van der Waals surface area contributed by atoms with Gasteiger partial charge >= 0.3 is 5.97 Å². The van der Waals surface area contributed by atoms with Gasteiger partial charge in [0.15, 0.2) is 0 Å². The number of unbranched alkanes of at least 4 members (excludes halogenated alkanes) is 3. The molecular weight excluding hydrogens is 228 g/mol. The van der Waals surface area contributed by atoms with E-state index in [2.05, 4.69) is 23.8 Å². The Morgan fingerprint density at radius 2 is 1.83 bits per heavy atom. The Morgan fingerprint density at radius 1 is 1.17 bits per heavy atom. The first-order chi connectivity index (χ1) is 8.63. The van der Waals surface area contributed by atoms with Gasteiger partial charge in [-0.05, 0) is 13.5 Å². The van der Waals surface area contributed by atoms with Crippen LogP contribution >= 0.6 is 0 Å². The molecule has 106 valence electrons.